The molecule has 1 fully saturated rings. The molecule has 1 saturated heterocycles. The topological polar surface area (TPSA) is 134 Å². The minimum atomic E-state index is -0.455. The summed E-state index contributed by atoms with van der Waals surface area (Å²) in [5.41, 5.74) is 0.0238. The predicted molar refractivity (Wildman–Crippen MR) is 85.5 cm³/mol. The van der Waals surface area contributed by atoms with Gasteiger partial charge >= 0.3 is 0 Å². The maximum atomic E-state index is 12.1. The van der Waals surface area contributed by atoms with Crippen LogP contribution in [0.1, 0.15) is 20.1 Å². The second kappa shape index (κ2) is 6.67. The summed E-state index contributed by atoms with van der Waals surface area (Å²) in [6, 6.07) is 0. The van der Waals surface area contributed by atoms with Crippen LogP contribution in [0.2, 0.25) is 0 Å². The largest absolute Gasteiger partial charge is 0.394 e. The lowest BCUT2D eigenvalue weighted by Gasteiger charge is -2.30. The van der Waals surface area contributed by atoms with E-state index in [2.05, 4.69) is 25.6 Å². The molecule has 0 aromatic carbocycles. The third-order valence-corrected chi connectivity index (χ3v) is 3.75. The van der Waals surface area contributed by atoms with Gasteiger partial charge in [-0.15, -0.1) is 0 Å². The molecule has 0 bridgehead atoms. The minimum absolute atomic E-state index is 0.0652. The zero-order valence-corrected chi connectivity index (χ0v) is 13.4. The summed E-state index contributed by atoms with van der Waals surface area (Å²) in [7, 11) is 0. The summed E-state index contributed by atoms with van der Waals surface area (Å²) in [6.45, 7) is 4.41. The number of amides is 1. The number of morpholine rings is 1. The molecule has 1 amide bonds. The summed E-state index contributed by atoms with van der Waals surface area (Å²) in [5, 5.41) is 15.0. The number of aliphatic hydroxyl groups excluding tert-OH is 1. The van der Waals surface area contributed by atoms with E-state index in [9.17, 15) is 14.7 Å². The fourth-order valence-electron chi connectivity index (χ4n) is 2.41. The molecular formula is C14H20N6O4. The summed E-state index contributed by atoms with van der Waals surface area (Å²) in [5.74, 6) is -0.429. The summed E-state index contributed by atoms with van der Waals surface area (Å²) >= 11 is 0. The standard InChI is InChI=1S/C14H20N6O4/c1-7(2)12(22)18-14-17-11-10(13(23)19-14)16-6-20(11)9-4-15-3-8(5-21)24-9/h6-9,15,21H,3-5H2,1-2H3,(H2,17,18,19,22,23)/t8-,9+/m0/s1. The van der Waals surface area contributed by atoms with E-state index >= 15 is 0 Å². The first kappa shape index (κ1) is 16.6. The first-order chi connectivity index (χ1) is 11.5. The molecular weight excluding hydrogens is 316 g/mol. The molecule has 1 aliphatic heterocycles. The summed E-state index contributed by atoms with van der Waals surface area (Å²) < 4.78 is 7.37. The minimum Gasteiger partial charge on any atom is -0.394 e. The van der Waals surface area contributed by atoms with Crippen LogP contribution in [-0.2, 0) is 9.53 Å². The molecule has 0 radical (unpaired) electrons. The molecule has 130 valence electrons. The second-order valence-electron chi connectivity index (χ2n) is 5.94. The molecule has 0 unspecified atom stereocenters. The lowest BCUT2D eigenvalue weighted by Crippen LogP contribution is -2.44. The highest BCUT2D eigenvalue weighted by Gasteiger charge is 2.25. The number of H-pyrrole nitrogens is 1. The predicted octanol–water partition coefficient (Wildman–Crippen LogP) is -0.807. The van der Waals surface area contributed by atoms with Crippen molar-refractivity contribution in [1.82, 2.24) is 24.8 Å². The fourth-order valence-corrected chi connectivity index (χ4v) is 2.41. The number of hydrogen-bond acceptors (Lipinski definition) is 7. The van der Waals surface area contributed by atoms with Crippen molar-refractivity contribution in [3.8, 4) is 0 Å². The number of nitrogens with one attached hydrogen (secondary N) is 3. The van der Waals surface area contributed by atoms with E-state index in [0.717, 1.165) is 0 Å². The van der Waals surface area contributed by atoms with Gasteiger partial charge in [0.25, 0.3) is 5.56 Å². The Hall–Kier alpha value is -2.30. The zero-order valence-electron chi connectivity index (χ0n) is 13.4. The van der Waals surface area contributed by atoms with Crippen LogP contribution >= 0.6 is 0 Å². The van der Waals surface area contributed by atoms with Crippen molar-refractivity contribution in [2.24, 2.45) is 5.92 Å². The molecule has 24 heavy (non-hydrogen) atoms. The van der Waals surface area contributed by atoms with Gasteiger partial charge in [0.15, 0.2) is 11.2 Å². The first-order valence-corrected chi connectivity index (χ1v) is 7.74. The van der Waals surface area contributed by atoms with Crippen molar-refractivity contribution in [3.63, 3.8) is 0 Å². The van der Waals surface area contributed by atoms with Crippen molar-refractivity contribution in [1.29, 1.82) is 0 Å². The molecule has 4 N–H and O–H groups in total. The van der Waals surface area contributed by atoms with Crippen LogP contribution in [0, 0.1) is 5.92 Å². The van der Waals surface area contributed by atoms with Crippen molar-refractivity contribution < 1.29 is 14.6 Å². The van der Waals surface area contributed by atoms with E-state index in [1.165, 1.54) is 6.33 Å². The highest BCUT2D eigenvalue weighted by atomic mass is 16.5. The molecule has 3 rings (SSSR count). The van der Waals surface area contributed by atoms with E-state index in [1.807, 2.05) is 0 Å². The van der Waals surface area contributed by atoms with E-state index in [0.29, 0.717) is 18.7 Å². The van der Waals surface area contributed by atoms with Gasteiger partial charge in [0, 0.05) is 19.0 Å². The number of fused-ring (bicyclic) bond motifs is 1. The van der Waals surface area contributed by atoms with Gasteiger partial charge in [-0.05, 0) is 0 Å². The number of nitrogens with zero attached hydrogens (tertiary/aromatic N) is 3. The van der Waals surface area contributed by atoms with Crippen LogP contribution in [-0.4, -0.2) is 56.3 Å². The van der Waals surface area contributed by atoms with E-state index < -0.39 is 11.8 Å². The number of hydrogen-bond donors (Lipinski definition) is 4. The number of carbonyl (C=O) groups is 1. The monoisotopic (exact) mass is 336 g/mol. The number of imidazole rings is 1. The average Bonchev–Trinajstić information content (AvgIpc) is 2.99. The Labute approximate surface area is 137 Å². The van der Waals surface area contributed by atoms with Crippen molar-refractivity contribution in [2.75, 3.05) is 25.0 Å². The SMILES string of the molecule is CC(C)C(=O)Nc1nc2c(ncn2[C@H]2CNC[C@@H](CO)O2)c(=O)[nH]1. The highest BCUT2D eigenvalue weighted by molar-refractivity contribution is 5.91. The van der Waals surface area contributed by atoms with Crippen LogP contribution in [0.15, 0.2) is 11.1 Å². The third kappa shape index (κ3) is 3.16. The van der Waals surface area contributed by atoms with Gasteiger partial charge in [-0.25, -0.2) is 4.98 Å². The van der Waals surface area contributed by atoms with Crippen LogP contribution in [0.25, 0.3) is 11.2 Å². The molecule has 10 nitrogen and oxygen atoms in total. The van der Waals surface area contributed by atoms with Crippen molar-refractivity contribution in [3.05, 3.63) is 16.7 Å². The molecule has 2 aromatic heterocycles. The van der Waals surface area contributed by atoms with Crippen LogP contribution in [0.4, 0.5) is 5.95 Å². The van der Waals surface area contributed by atoms with Gasteiger partial charge in [-0.2, -0.15) is 4.98 Å². The molecule has 3 heterocycles. The van der Waals surface area contributed by atoms with Crippen molar-refractivity contribution in [2.45, 2.75) is 26.2 Å². The van der Waals surface area contributed by atoms with Crippen molar-refractivity contribution >= 4 is 23.0 Å². The highest BCUT2D eigenvalue weighted by Crippen LogP contribution is 2.19. The maximum absolute atomic E-state index is 12.1. The molecule has 1 aliphatic rings. The summed E-state index contributed by atoms with van der Waals surface area (Å²) in [6.07, 6.45) is 0.666. The van der Waals surface area contributed by atoms with E-state index in [1.54, 1.807) is 18.4 Å². The maximum Gasteiger partial charge on any atom is 0.280 e. The van der Waals surface area contributed by atoms with Gasteiger partial charge in [-0.1, -0.05) is 13.8 Å². The first-order valence-electron chi connectivity index (χ1n) is 7.74. The Bertz CT molecular complexity index is 798. The molecule has 2 aromatic rings. The Morgan fingerprint density at radius 3 is 3.04 bits per heavy atom. The second-order valence-corrected chi connectivity index (χ2v) is 5.94. The number of rotatable bonds is 4. The number of anilines is 1. The van der Waals surface area contributed by atoms with Crippen LogP contribution in [0.3, 0.4) is 0 Å². The lowest BCUT2D eigenvalue weighted by atomic mass is 10.2. The number of aromatic amines is 1. The number of aromatic nitrogens is 4. The molecule has 0 saturated carbocycles. The van der Waals surface area contributed by atoms with Gasteiger partial charge in [0.05, 0.1) is 19.0 Å². The number of carbonyl (C=O) groups excluding carboxylic acids is 1. The van der Waals surface area contributed by atoms with Gasteiger partial charge < -0.3 is 15.2 Å². The normalized spacial score (nSPS) is 21.3. The molecule has 0 spiro atoms. The smallest absolute Gasteiger partial charge is 0.280 e. The quantitative estimate of drug-likeness (QED) is 0.574. The lowest BCUT2D eigenvalue weighted by molar-refractivity contribution is -0.118. The van der Waals surface area contributed by atoms with Gasteiger partial charge in [0.2, 0.25) is 11.9 Å². The van der Waals surface area contributed by atoms with Gasteiger partial charge in [0.1, 0.15) is 6.23 Å². The Balaban J connectivity index is 1.96. The van der Waals surface area contributed by atoms with E-state index in [4.69, 9.17) is 4.74 Å². The number of aliphatic hydroxyl groups is 1. The Morgan fingerprint density at radius 2 is 2.33 bits per heavy atom. The summed E-state index contributed by atoms with van der Waals surface area (Å²) in [4.78, 5) is 34.8. The fraction of sp³-hybridized carbons (Fsp3) is 0.571. The third-order valence-electron chi connectivity index (χ3n) is 3.75. The zero-order chi connectivity index (χ0) is 17.3. The molecule has 2 atom stereocenters. The molecule has 10 heteroatoms. The van der Waals surface area contributed by atoms with Gasteiger partial charge in [-0.3, -0.25) is 24.5 Å². The number of ether oxygens (including phenoxy) is 1. The van der Waals surface area contributed by atoms with Crippen LogP contribution < -0.4 is 16.2 Å². The Kier molecular flexibility index (Phi) is 4.60. The van der Waals surface area contributed by atoms with E-state index in [-0.39, 0.29) is 36.0 Å². The van der Waals surface area contributed by atoms with Crippen LogP contribution in [0.5, 0.6) is 0 Å². The average molecular weight is 336 g/mol. The Morgan fingerprint density at radius 1 is 1.54 bits per heavy atom. The molecule has 0 aliphatic carbocycles.